The van der Waals surface area contributed by atoms with E-state index < -0.39 is 23.5 Å². The third-order valence-corrected chi connectivity index (χ3v) is 3.74. The largest absolute Gasteiger partial charge is 0.416 e. The highest BCUT2D eigenvalue weighted by Crippen LogP contribution is 2.34. The number of benzene rings is 2. The van der Waals surface area contributed by atoms with Crippen LogP contribution in [0.5, 0.6) is 0 Å². The molecule has 134 valence electrons. The quantitative estimate of drug-likeness (QED) is 0.615. The molecule has 4 nitrogen and oxygen atoms in total. The Hall–Kier alpha value is -2.87. The Morgan fingerprint density at radius 1 is 1.08 bits per heavy atom. The SMILES string of the molecule is O=C(Nc1cc(C(F)(F)F)ccc1Cl)c1cc(-c2ccc(F)cc2)on1. The number of alkyl halides is 3. The first-order chi connectivity index (χ1) is 12.2. The number of amides is 1. The van der Waals surface area contributed by atoms with Crippen LogP contribution in [0, 0.1) is 5.82 Å². The molecule has 1 amide bonds. The molecule has 0 saturated heterocycles. The summed E-state index contributed by atoms with van der Waals surface area (Å²) in [6.45, 7) is 0. The van der Waals surface area contributed by atoms with Gasteiger partial charge in [-0.1, -0.05) is 16.8 Å². The van der Waals surface area contributed by atoms with Crippen LogP contribution in [0.2, 0.25) is 5.02 Å². The smallest absolute Gasteiger partial charge is 0.355 e. The molecule has 1 heterocycles. The van der Waals surface area contributed by atoms with E-state index in [-0.39, 0.29) is 22.2 Å². The van der Waals surface area contributed by atoms with E-state index in [0.29, 0.717) is 5.56 Å². The highest BCUT2D eigenvalue weighted by Gasteiger charge is 2.31. The Balaban J connectivity index is 1.82. The molecule has 2 aromatic carbocycles. The Morgan fingerprint density at radius 3 is 2.42 bits per heavy atom. The molecule has 0 unspecified atom stereocenters. The van der Waals surface area contributed by atoms with E-state index in [1.807, 2.05) is 0 Å². The third-order valence-electron chi connectivity index (χ3n) is 3.41. The minimum absolute atomic E-state index is 0.0615. The highest BCUT2D eigenvalue weighted by atomic mass is 35.5. The second-order valence-electron chi connectivity index (χ2n) is 5.23. The maximum absolute atomic E-state index is 12.9. The maximum Gasteiger partial charge on any atom is 0.416 e. The fourth-order valence-electron chi connectivity index (χ4n) is 2.12. The topological polar surface area (TPSA) is 55.1 Å². The van der Waals surface area contributed by atoms with Gasteiger partial charge in [-0.15, -0.1) is 0 Å². The van der Waals surface area contributed by atoms with Gasteiger partial charge in [-0.05, 0) is 42.5 Å². The zero-order chi connectivity index (χ0) is 18.9. The lowest BCUT2D eigenvalue weighted by molar-refractivity contribution is -0.137. The van der Waals surface area contributed by atoms with Crippen LogP contribution in [-0.4, -0.2) is 11.1 Å². The van der Waals surface area contributed by atoms with Gasteiger partial charge < -0.3 is 9.84 Å². The fourth-order valence-corrected chi connectivity index (χ4v) is 2.28. The van der Waals surface area contributed by atoms with Crippen LogP contribution in [0.4, 0.5) is 23.2 Å². The summed E-state index contributed by atoms with van der Waals surface area (Å²) in [6, 6.07) is 9.13. The van der Waals surface area contributed by atoms with Gasteiger partial charge in [0.1, 0.15) is 5.82 Å². The molecule has 0 atom stereocenters. The van der Waals surface area contributed by atoms with Crippen molar-refractivity contribution in [1.82, 2.24) is 5.16 Å². The first-order valence-corrected chi connectivity index (χ1v) is 7.52. The van der Waals surface area contributed by atoms with Crippen LogP contribution >= 0.6 is 11.6 Å². The molecule has 0 aliphatic carbocycles. The lowest BCUT2D eigenvalue weighted by atomic mass is 10.1. The summed E-state index contributed by atoms with van der Waals surface area (Å²) in [7, 11) is 0. The van der Waals surface area contributed by atoms with Gasteiger partial charge in [0, 0.05) is 11.6 Å². The Bertz CT molecular complexity index is 952. The molecule has 26 heavy (non-hydrogen) atoms. The van der Waals surface area contributed by atoms with Crippen molar-refractivity contribution >= 4 is 23.2 Å². The number of hydrogen-bond donors (Lipinski definition) is 1. The van der Waals surface area contributed by atoms with Crippen LogP contribution in [0.3, 0.4) is 0 Å². The van der Waals surface area contributed by atoms with E-state index in [9.17, 15) is 22.4 Å². The van der Waals surface area contributed by atoms with Gasteiger partial charge in [0.2, 0.25) is 0 Å². The van der Waals surface area contributed by atoms with Crippen LogP contribution in [0.15, 0.2) is 53.1 Å². The molecule has 1 N–H and O–H groups in total. The zero-order valence-corrected chi connectivity index (χ0v) is 13.5. The van der Waals surface area contributed by atoms with Gasteiger partial charge in [0.05, 0.1) is 16.3 Å². The molecule has 1 aromatic heterocycles. The second kappa shape index (κ2) is 6.80. The van der Waals surface area contributed by atoms with Gasteiger partial charge in [0.25, 0.3) is 5.91 Å². The number of nitrogens with zero attached hydrogens (tertiary/aromatic N) is 1. The number of carbonyl (C=O) groups excluding carboxylic acids is 1. The van der Waals surface area contributed by atoms with E-state index in [1.165, 1.54) is 30.3 Å². The van der Waals surface area contributed by atoms with Crippen molar-refractivity contribution in [2.45, 2.75) is 6.18 Å². The molecule has 0 aliphatic heterocycles. The Kier molecular flexibility index (Phi) is 4.69. The first kappa shape index (κ1) is 17.9. The van der Waals surface area contributed by atoms with Gasteiger partial charge in [-0.2, -0.15) is 13.2 Å². The normalized spacial score (nSPS) is 11.4. The van der Waals surface area contributed by atoms with Crippen LogP contribution in [-0.2, 0) is 6.18 Å². The van der Waals surface area contributed by atoms with Gasteiger partial charge in [-0.25, -0.2) is 4.39 Å². The molecule has 0 radical (unpaired) electrons. The summed E-state index contributed by atoms with van der Waals surface area (Å²) in [5, 5.41) is 5.76. The van der Waals surface area contributed by atoms with Gasteiger partial charge >= 0.3 is 6.18 Å². The average Bonchev–Trinajstić information content (AvgIpc) is 3.06. The molecule has 3 aromatic rings. The van der Waals surface area contributed by atoms with Crippen molar-refractivity contribution in [3.05, 3.63) is 70.6 Å². The van der Waals surface area contributed by atoms with Gasteiger partial charge in [0.15, 0.2) is 11.5 Å². The number of hydrogen-bond acceptors (Lipinski definition) is 3. The summed E-state index contributed by atoms with van der Waals surface area (Å²) >= 11 is 5.83. The monoisotopic (exact) mass is 384 g/mol. The van der Waals surface area contributed by atoms with Gasteiger partial charge in [-0.3, -0.25) is 4.79 Å². The van der Waals surface area contributed by atoms with Crippen molar-refractivity contribution in [3.8, 4) is 11.3 Å². The van der Waals surface area contributed by atoms with E-state index in [0.717, 1.165) is 18.2 Å². The fraction of sp³-hybridized carbons (Fsp3) is 0.0588. The zero-order valence-electron chi connectivity index (χ0n) is 12.8. The summed E-state index contributed by atoms with van der Waals surface area (Å²) in [4.78, 5) is 12.2. The summed E-state index contributed by atoms with van der Waals surface area (Å²) in [5.74, 6) is -1.04. The molecule has 0 spiro atoms. The van der Waals surface area contributed by atoms with Crippen LogP contribution in [0.25, 0.3) is 11.3 Å². The molecule has 9 heteroatoms. The van der Waals surface area contributed by atoms with E-state index in [2.05, 4.69) is 10.5 Å². The first-order valence-electron chi connectivity index (χ1n) is 7.15. The molecular formula is C17H9ClF4N2O2. The summed E-state index contributed by atoms with van der Waals surface area (Å²) < 4.78 is 56.2. The summed E-state index contributed by atoms with van der Waals surface area (Å²) in [5.41, 5.74) is -0.852. The van der Waals surface area contributed by atoms with E-state index in [4.69, 9.17) is 16.1 Å². The molecule has 0 bridgehead atoms. The molecule has 0 saturated carbocycles. The van der Waals surface area contributed by atoms with Crippen LogP contribution < -0.4 is 5.32 Å². The summed E-state index contributed by atoms with van der Waals surface area (Å²) in [6.07, 6.45) is -4.58. The molecule has 0 aliphatic rings. The maximum atomic E-state index is 12.9. The average molecular weight is 385 g/mol. The molecular weight excluding hydrogens is 376 g/mol. The number of rotatable bonds is 3. The minimum atomic E-state index is -4.58. The number of halogens is 5. The van der Waals surface area contributed by atoms with Crippen LogP contribution in [0.1, 0.15) is 16.1 Å². The number of nitrogens with one attached hydrogen (secondary N) is 1. The molecule has 0 fully saturated rings. The third kappa shape index (κ3) is 3.85. The Morgan fingerprint density at radius 2 is 1.77 bits per heavy atom. The Labute approximate surface area is 149 Å². The molecule has 3 rings (SSSR count). The lowest BCUT2D eigenvalue weighted by Gasteiger charge is -2.10. The minimum Gasteiger partial charge on any atom is -0.355 e. The van der Waals surface area contributed by atoms with Crippen molar-refractivity contribution < 1.29 is 26.9 Å². The lowest BCUT2D eigenvalue weighted by Crippen LogP contribution is -2.14. The van der Waals surface area contributed by atoms with Crippen molar-refractivity contribution in [1.29, 1.82) is 0 Å². The van der Waals surface area contributed by atoms with Crippen molar-refractivity contribution in [2.24, 2.45) is 0 Å². The standard InChI is InChI=1S/C17H9ClF4N2O2/c18-12-6-3-10(17(20,21)22)7-13(12)23-16(25)14-8-15(26-24-14)9-1-4-11(19)5-2-9/h1-8H,(H,23,25). The van der Waals surface area contributed by atoms with Crippen molar-refractivity contribution in [3.63, 3.8) is 0 Å². The van der Waals surface area contributed by atoms with E-state index >= 15 is 0 Å². The number of anilines is 1. The van der Waals surface area contributed by atoms with E-state index in [1.54, 1.807) is 0 Å². The highest BCUT2D eigenvalue weighted by molar-refractivity contribution is 6.33. The van der Waals surface area contributed by atoms with Crippen molar-refractivity contribution in [2.75, 3.05) is 5.32 Å². The second-order valence-corrected chi connectivity index (χ2v) is 5.64. The number of aromatic nitrogens is 1. The predicted octanol–water partition coefficient (Wildman–Crippen LogP) is 5.41. The predicted molar refractivity (Wildman–Crippen MR) is 86.3 cm³/mol. The number of carbonyl (C=O) groups is 1.